The summed E-state index contributed by atoms with van der Waals surface area (Å²) in [6.45, 7) is 5.49. The number of hydrogen-bond acceptors (Lipinski definition) is 0. The summed E-state index contributed by atoms with van der Waals surface area (Å²) < 4.78 is 24.5. The Morgan fingerprint density at radius 1 is 1.46 bits per heavy atom. The second-order valence-corrected chi connectivity index (χ2v) is 3.22. The third-order valence-corrected chi connectivity index (χ3v) is 2.06. The summed E-state index contributed by atoms with van der Waals surface area (Å²) in [5, 5.41) is 0.0931. The van der Waals surface area contributed by atoms with Gasteiger partial charge in [0, 0.05) is 5.56 Å². The molecule has 0 nitrogen and oxygen atoms in total. The van der Waals surface area contributed by atoms with Gasteiger partial charge in [-0.2, -0.15) is 0 Å². The van der Waals surface area contributed by atoms with E-state index in [0.717, 1.165) is 11.1 Å². The van der Waals surface area contributed by atoms with Gasteiger partial charge < -0.3 is 0 Å². The molecule has 1 aromatic carbocycles. The highest BCUT2D eigenvalue weighted by Crippen LogP contribution is 2.29. The van der Waals surface area contributed by atoms with Gasteiger partial charge in [0.15, 0.2) is 0 Å². The number of hydrogen-bond donors (Lipinski definition) is 0. The van der Waals surface area contributed by atoms with Gasteiger partial charge in [-0.3, -0.25) is 0 Å². The van der Waals surface area contributed by atoms with Gasteiger partial charge in [0.05, 0.1) is 5.02 Å². The Morgan fingerprint density at radius 2 is 2.08 bits per heavy atom. The number of rotatable bonds is 2. The third-order valence-electron chi connectivity index (χ3n) is 1.73. The highest BCUT2D eigenvalue weighted by molar-refractivity contribution is 6.31. The predicted molar refractivity (Wildman–Crippen MR) is 51.1 cm³/mol. The number of benzene rings is 1. The number of halogens is 3. The Labute approximate surface area is 80.8 Å². The van der Waals surface area contributed by atoms with Crippen molar-refractivity contribution >= 4 is 17.2 Å². The molecule has 0 N–H and O–H groups in total. The van der Waals surface area contributed by atoms with Crippen LogP contribution in [0.4, 0.5) is 8.78 Å². The highest BCUT2D eigenvalue weighted by atomic mass is 35.5. The van der Waals surface area contributed by atoms with Crippen LogP contribution in [0.15, 0.2) is 24.8 Å². The van der Waals surface area contributed by atoms with Crippen molar-refractivity contribution in [3.8, 4) is 0 Å². The molecule has 0 radical (unpaired) electrons. The second-order valence-electron chi connectivity index (χ2n) is 2.82. The lowest BCUT2D eigenvalue weighted by atomic mass is 10.1. The van der Waals surface area contributed by atoms with Crippen LogP contribution in [0.2, 0.25) is 5.02 Å². The van der Waals surface area contributed by atoms with Crippen LogP contribution in [0.1, 0.15) is 24.5 Å². The van der Waals surface area contributed by atoms with Crippen LogP contribution in [-0.4, -0.2) is 0 Å². The zero-order valence-electron chi connectivity index (χ0n) is 7.15. The summed E-state index contributed by atoms with van der Waals surface area (Å²) in [7, 11) is 0. The van der Waals surface area contributed by atoms with Crippen LogP contribution >= 0.6 is 11.6 Å². The molecule has 0 spiro atoms. The first-order valence-electron chi connectivity index (χ1n) is 3.76. The molecule has 70 valence electrons. The molecule has 0 aliphatic heterocycles. The third kappa shape index (κ3) is 2.28. The standard InChI is InChI=1S/C10H9ClF2/c1-6(2)7-3-4-8(10(12)13)9(11)5-7/h3-5,10H,1H2,2H3. The van der Waals surface area contributed by atoms with E-state index < -0.39 is 6.43 Å². The molecule has 0 saturated heterocycles. The van der Waals surface area contributed by atoms with Gasteiger partial charge in [-0.25, -0.2) is 8.78 Å². The average Bonchev–Trinajstić information content (AvgIpc) is 2.03. The maximum Gasteiger partial charge on any atom is 0.265 e. The van der Waals surface area contributed by atoms with Crippen molar-refractivity contribution in [2.24, 2.45) is 0 Å². The van der Waals surface area contributed by atoms with Crippen molar-refractivity contribution < 1.29 is 8.78 Å². The fourth-order valence-corrected chi connectivity index (χ4v) is 1.23. The lowest BCUT2D eigenvalue weighted by Gasteiger charge is -2.05. The molecule has 0 fully saturated rings. The fraction of sp³-hybridized carbons (Fsp3) is 0.200. The van der Waals surface area contributed by atoms with Crippen LogP contribution in [0, 0.1) is 0 Å². The molecule has 13 heavy (non-hydrogen) atoms. The van der Waals surface area contributed by atoms with E-state index in [1.165, 1.54) is 12.1 Å². The first-order valence-corrected chi connectivity index (χ1v) is 4.13. The molecule has 0 bridgehead atoms. The Hall–Kier alpha value is -0.890. The molecule has 1 aromatic rings. The first-order chi connectivity index (χ1) is 6.02. The molecular weight excluding hydrogens is 194 g/mol. The largest absolute Gasteiger partial charge is 0.265 e. The van der Waals surface area contributed by atoms with Crippen LogP contribution in [-0.2, 0) is 0 Å². The van der Waals surface area contributed by atoms with Crippen molar-refractivity contribution in [3.63, 3.8) is 0 Å². The van der Waals surface area contributed by atoms with Gasteiger partial charge in [-0.05, 0) is 18.6 Å². The quantitative estimate of drug-likeness (QED) is 0.670. The molecule has 1 rings (SSSR count). The lowest BCUT2D eigenvalue weighted by molar-refractivity contribution is 0.151. The monoisotopic (exact) mass is 202 g/mol. The van der Waals surface area contributed by atoms with E-state index in [1.54, 1.807) is 13.0 Å². The van der Waals surface area contributed by atoms with Gasteiger partial charge in [-0.15, -0.1) is 0 Å². The zero-order chi connectivity index (χ0) is 10.0. The van der Waals surface area contributed by atoms with Crippen molar-refractivity contribution in [2.45, 2.75) is 13.3 Å². The number of alkyl halides is 2. The Morgan fingerprint density at radius 3 is 2.46 bits per heavy atom. The lowest BCUT2D eigenvalue weighted by Crippen LogP contribution is -1.87. The van der Waals surface area contributed by atoms with Gasteiger partial charge in [0.1, 0.15) is 0 Å². The van der Waals surface area contributed by atoms with Gasteiger partial charge in [-0.1, -0.05) is 35.9 Å². The smallest absolute Gasteiger partial charge is 0.205 e. The Balaban J connectivity index is 3.13. The molecule has 0 aliphatic carbocycles. The topological polar surface area (TPSA) is 0 Å². The maximum absolute atomic E-state index is 12.3. The van der Waals surface area contributed by atoms with Crippen molar-refractivity contribution in [1.29, 1.82) is 0 Å². The van der Waals surface area contributed by atoms with Crippen LogP contribution in [0.5, 0.6) is 0 Å². The van der Waals surface area contributed by atoms with E-state index in [1.807, 2.05) is 0 Å². The van der Waals surface area contributed by atoms with Crippen LogP contribution in [0.3, 0.4) is 0 Å². The molecule has 3 heteroatoms. The molecule has 0 unspecified atom stereocenters. The zero-order valence-corrected chi connectivity index (χ0v) is 7.91. The molecule has 0 aromatic heterocycles. The van der Waals surface area contributed by atoms with E-state index >= 15 is 0 Å². The summed E-state index contributed by atoms with van der Waals surface area (Å²) >= 11 is 5.65. The average molecular weight is 203 g/mol. The maximum atomic E-state index is 12.3. The summed E-state index contributed by atoms with van der Waals surface area (Å²) in [6.07, 6.45) is -2.52. The Bertz CT molecular complexity index is 332. The minimum absolute atomic E-state index is 0.0931. The Kier molecular flexibility index (Phi) is 3.04. The minimum atomic E-state index is -2.52. The number of allylic oxidation sites excluding steroid dienone is 1. The molecule has 0 aliphatic rings. The highest BCUT2D eigenvalue weighted by Gasteiger charge is 2.11. The summed E-state index contributed by atoms with van der Waals surface area (Å²) in [5.41, 5.74) is 1.46. The first kappa shape index (κ1) is 10.2. The molecule has 0 atom stereocenters. The minimum Gasteiger partial charge on any atom is -0.205 e. The normalized spacial score (nSPS) is 10.5. The van der Waals surface area contributed by atoms with Gasteiger partial charge in [0.2, 0.25) is 0 Å². The SMILES string of the molecule is C=C(C)c1ccc(C(F)F)c(Cl)c1. The molecule has 0 saturated carbocycles. The molecule has 0 amide bonds. The van der Waals surface area contributed by atoms with E-state index in [4.69, 9.17) is 11.6 Å². The van der Waals surface area contributed by atoms with Crippen LogP contribution < -0.4 is 0 Å². The van der Waals surface area contributed by atoms with Crippen LogP contribution in [0.25, 0.3) is 5.57 Å². The summed E-state index contributed by atoms with van der Waals surface area (Å²) in [4.78, 5) is 0. The predicted octanol–water partition coefficient (Wildman–Crippen LogP) is 4.31. The fourth-order valence-electron chi connectivity index (χ4n) is 0.970. The van der Waals surface area contributed by atoms with E-state index in [-0.39, 0.29) is 10.6 Å². The van der Waals surface area contributed by atoms with E-state index in [9.17, 15) is 8.78 Å². The van der Waals surface area contributed by atoms with E-state index in [2.05, 4.69) is 6.58 Å². The second kappa shape index (κ2) is 3.88. The summed E-state index contributed by atoms with van der Waals surface area (Å²) in [5.74, 6) is 0. The van der Waals surface area contributed by atoms with Gasteiger partial charge >= 0.3 is 0 Å². The summed E-state index contributed by atoms with van der Waals surface area (Å²) in [6, 6.07) is 4.43. The van der Waals surface area contributed by atoms with Crippen molar-refractivity contribution in [3.05, 3.63) is 40.9 Å². The van der Waals surface area contributed by atoms with Crippen molar-refractivity contribution in [2.75, 3.05) is 0 Å². The molecular formula is C10H9ClF2. The van der Waals surface area contributed by atoms with E-state index in [0.29, 0.717) is 0 Å². The molecule has 0 heterocycles. The van der Waals surface area contributed by atoms with Gasteiger partial charge in [0.25, 0.3) is 6.43 Å². The van der Waals surface area contributed by atoms with Crippen molar-refractivity contribution in [1.82, 2.24) is 0 Å².